The van der Waals surface area contributed by atoms with Crippen LogP contribution in [0, 0.1) is 0 Å². The monoisotopic (exact) mass is 555 g/mol. The van der Waals surface area contributed by atoms with Gasteiger partial charge in [0.05, 0.1) is 17.7 Å². The Kier molecular flexibility index (Phi) is 10.2. The molecule has 0 aliphatic rings. The van der Waals surface area contributed by atoms with Gasteiger partial charge in [0, 0.05) is 36.9 Å². The lowest BCUT2D eigenvalue weighted by atomic mass is 10.2. The summed E-state index contributed by atoms with van der Waals surface area (Å²) in [5.41, 5.74) is 2.78. The number of rotatable bonds is 10. The fourth-order valence-electron chi connectivity index (χ4n) is 3.09. The fourth-order valence-corrected chi connectivity index (χ4v) is 3.80. The Morgan fingerprint density at radius 1 is 0.914 bits per heavy atom. The molecule has 0 aliphatic carbocycles. The molecule has 3 N–H and O–H groups in total. The van der Waals surface area contributed by atoms with E-state index in [1.807, 2.05) is 18.2 Å². The van der Waals surface area contributed by atoms with Gasteiger partial charge in [0.25, 0.3) is 11.8 Å². The van der Waals surface area contributed by atoms with Gasteiger partial charge < -0.3 is 20.1 Å². The number of benzene rings is 3. The summed E-state index contributed by atoms with van der Waals surface area (Å²) in [4.78, 5) is 24.7. The molecule has 0 aliphatic heterocycles. The summed E-state index contributed by atoms with van der Waals surface area (Å²) in [7, 11) is 1.57. The van der Waals surface area contributed by atoms with E-state index < -0.39 is 0 Å². The van der Waals surface area contributed by atoms with Gasteiger partial charge in [0.1, 0.15) is 5.75 Å². The summed E-state index contributed by atoms with van der Waals surface area (Å²) < 4.78 is 11.4. The number of anilines is 1. The molecule has 3 aromatic carbocycles. The number of nitrogens with one attached hydrogen (secondary N) is 3. The number of hydrogen-bond donors (Lipinski definition) is 3. The van der Waals surface area contributed by atoms with E-state index in [9.17, 15) is 9.59 Å². The van der Waals surface area contributed by atoms with Crippen LogP contribution in [0.3, 0.4) is 0 Å². The van der Waals surface area contributed by atoms with Crippen molar-refractivity contribution in [3.05, 3.63) is 94.0 Å². The molecule has 0 fully saturated rings. The van der Waals surface area contributed by atoms with Gasteiger partial charge in [-0.2, -0.15) is 0 Å². The highest BCUT2D eigenvalue weighted by molar-refractivity contribution is 9.10. The first-order valence-corrected chi connectivity index (χ1v) is 12.1. The van der Waals surface area contributed by atoms with Crippen LogP contribution in [0.2, 0.25) is 0 Å². The third kappa shape index (κ3) is 8.47. The molecule has 182 valence electrons. The van der Waals surface area contributed by atoms with Crippen LogP contribution in [0.4, 0.5) is 5.69 Å². The van der Waals surface area contributed by atoms with E-state index in [2.05, 4.69) is 44.0 Å². The molecule has 0 bridgehead atoms. The van der Waals surface area contributed by atoms with Gasteiger partial charge in [-0.15, -0.1) is 0 Å². The number of thiocarbonyl (C=S) groups is 1. The quantitative estimate of drug-likeness (QED) is 0.251. The largest absolute Gasteiger partial charge is 0.492 e. The summed E-state index contributed by atoms with van der Waals surface area (Å²) >= 11 is 8.72. The zero-order valence-electron chi connectivity index (χ0n) is 19.2. The standard InChI is InChI=1S/C26H26BrN3O4S/c1-33-16-14-28-24(31)19-7-10-21(11-8-19)29-26(35)30-25(32)20-9-12-23(22(27)17-20)34-15-13-18-5-3-2-4-6-18/h2-12,17H,13-16H2,1H3,(H,28,31)(H2,29,30,32,35). The Bertz CT molecular complexity index is 1160. The topological polar surface area (TPSA) is 88.7 Å². The van der Waals surface area contributed by atoms with Crippen molar-refractivity contribution in [3.8, 4) is 5.75 Å². The zero-order valence-corrected chi connectivity index (χ0v) is 21.6. The summed E-state index contributed by atoms with van der Waals surface area (Å²) in [6.45, 7) is 1.40. The molecule has 7 nitrogen and oxygen atoms in total. The van der Waals surface area contributed by atoms with Crippen LogP contribution in [0.25, 0.3) is 0 Å². The number of amides is 2. The lowest BCUT2D eigenvalue weighted by Crippen LogP contribution is -2.34. The van der Waals surface area contributed by atoms with Gasteiger partial charge in [-0.05, 0) is 76.2 Å². The minimum atomic E-state index is -0.354. The second-order valence-electron chi connectivity index (χ2n) is 7.46. The molecular weight excluding hydrogens is 530 g/mol. The molecule has 2 amide bonds. The van der Waals surface area contributed by atoms with Crippen molar-refractivity contribution >= 4 is 50.8 Å². The maximum atomic E-state index is 12.6. The number of hydrogen-bond acceptors (Lipinski definition) is 5. The van der Waals surface area contributed by atoms with Gasteiger partial charge >= 0.3 is 0 Å². The first kappa shape index (κ1) is 26.3. The maximum Gasteiger partial charge on any atom is 0.257 e. The minimum Gasteiger partial charge on any atom is -0.492 e. The molecule has 0 unspecified atom stereocenters. The Labute approximate surface area is 218 Å². The third-order valence-corrected chi connectivity index (χ3v) is 5.73. The molecular formula is C26H26BrN3O4S. The smallest absolute Gasteiger partial charge is 0.257 e. The highest BCUT2D eigenvalue weighted by Gasteiger charge is 2.12. The van der Waals surface area contributed by atoms with Gasteiger partial charge in [-0.3, -0.25) is 14.9 Å². The summed E-state index contributed by atoms with van der Waals surface area (Å²) in [5.74, 6) is 0.111. The first-order valence-electron chi connectivity index (χ1n) is 10.9. The van der Waals surface area contributed by atoms with Crippen LogP contribution in [-0.2, 0) is 11.2 Å². The molecule has 0 saturated carbocycles. The number of methoxy groups -OCH3 is 1. The minimum absolute atomic E-state index is 0.145. The van der Waals surface area contributed by atoms with Gasteiger partial charge in [-0.1, -0.05) is 30.3 Å². The first-order chi connectivity index (χ1) is 17.0. The van der Waals surface area contributed by atoms with Crippen LogP contribution in [0.1, 0.15) is 26.3 Å². The zero-order chi connectivity index (χ0) is 25.0. The number of carbonyl (C=O) groups is 2. The van der Waals surface area contributed by atoms with E-state index >= 15 is 0 Å². The predicted octanol–water partition coefficient (Wildman–Crippen LogP) is 4.57. The summed E-state index contributed by atoms with van der Waals surface area (Å²) in [6, 6.07) is 22.0. The molecule has 0 saturated heterocycles. The van der Waals surface area contributed by atoms with Crippen LogP contribution in [-0.4, -0.2) is 43.8 Å². The number of ether oxygens (including phenoxy) is 2. The van der Waals surface area contributed by atoms with E-state index in [0.29, 0.717) is 46.8 Å². The van der Waals surface area contributed by atoms with Gasteiger partial charge in [0.2, 0.25) is 0 Å². The Balaban J connectivity index is 1.48. The Hall–Kier alpha value is -3.27. The average Bonchev–Trinajstić information content (AvgIpc) is 2.86. The van der Waals surface area contributed by atoms with Gasteiger partial charge in [0.15, 0.2) is 5.11 Å². The van der Waals surface area contributed by atoms with Gasteiger partial charge in [-0.25, -0.2) is 0 Å². The van der Waals surface area contributed by atoms with E-state index in [1.54, 1.807) is 49.6 Å². The second kappa shape index (κ2) is 13.6. The van der Waals surface area contributed by atoms with E-state index in [-0.39, 0.29) is 16.9 Å². The average molecular weight is 556 g/mol. The molecule has 9 heteroatoms. The summed E-state index contributed by atoms with van der Waals surface area (Å²) in [6.07, 6.45) is 0.787. The molecule has 35 heavy (non-hydrogen) atoms. The van der Waals surface area contributed by atoms with Crippen molar-refractivity contribution in [2.45, 2.75) is 6.42 Å². The normalized spacial score (nSPS) is 10.3. The van der Waals surface area contributed by atoms with Crippen LogP contribution < -0.4 is 20.7 Å². The van der Waals surface area contributed by atoms with Crippen molar-refractivity contribution in [2.24, 2.45) is 0 Å². The van der Waals surface area contributed by atoms with Crippen molar-refractivity contribution in [1.29, 1.82) is 0 Å². The summed E-state index contributed by atoms with van der Waals surface area (Å²) in [5, 5.41) is 8.49. The fraction of sp³-hybridized carbons (Fsp3) is 0.192. The lowest BCUT2D eigenvalue weighted by Gasteiger charge is -2.12. The van der Waals surface area contributed by atoms with Crippen molar-refractivity contribution in [3.63, 3.8) is 0 Å². The second-order valence-corrected chi connectivity index (χ2v) is 8.73. The van der Waals surface area contributed by atoms with Crippen LogP contribution in [0.15, 0.2) is 77.3 Å². The molecule has 3 aromatic rings. The molecule has 0 atom stereocenters. The molecule has 3 rings (SSSR count). The van der Waals surface area contributed by atoms with E-state index in [0.717, 1.165) is 6.42 Å². The van der Waals surface area contributed by atoms with Crippen LogP contribution in [0.5, 0.6) is 5.75 Å². The molecule has 0 spiro atoms. The maximum absolute atomic E-state index is 12.6. The highest BCUT2D eigenvalue weighted by Crippen LogP contribution is 2.26. The molecule has 0 aromatic heterocycles. The third-order valence-electron chi connectivity index (χ3n) is 4.91. The molecule has 0 radical (unpaired) electrons. The van der Waals surface area contributed by atoms with E-state index in [1.165, 1.54) is 5.56 Å². The van der Waals surface area contributed by atoms with Crippen molar-refractivity contribution in [2.75, 3.05) is 32.2 Å². The van der Waals surface area contributed by atoms with Crippen molar-refractivity contribution in [1.82, 2.24) is 10.6 Å². The Morgan fingerprint density at radius 3 is 2.31 bits per heavy atom. The lowest BCUT2D eigenvalue weighted by molar-refractivity contribution is 0.0935. The highest BCUT2D eigenvalue weighted by atomic mass is 79.9. The van der Waals surface area contributed by atoms with Crippen LogP contribution >= 0.6 is 28.1 Å². The Morgan fingerprint density at radius 2 is 1.63 bits per heavy atom. The SMILES string of the molecule is COCCNC(=O)c1ccc(NC(=S)NC(=O)c2ccc(OCCc3ccccc3)c(Br)c2)cc1. The number of halogens is 1. The van der Waals surface area contributed by atoms with Crippen molar-refractivity contribution < 1.29 is 19.1 Å². The molecule has 0 heterocycles. The van der Waals surface area contributed by atoms with E-state index in [4.69, 9.17) is 21.7 Å². The number of carbonyl (C=O) groups excluding carboxylic acids is 2. The predicted molar refractivity (Wildman–Crippen MR) is 144 cm³/mol.